The highest BCUT2D eigenvalue weighted by molar-refractivity contribution is 5.53. The van der Waals surface area contributed by atoms with E-state index in [-0.39, 0.29) is 0 Å². The van der Waals surface area contributed by atoms with Gasteiger partial charge in [0.05, 0.1) is 18.8 Å². The van der Waals surface area contributed by atoms with Crippen molar-refractivity contribution in [1.82, 2.24) is 9.88 Å². The molecule has 1 aliphatic rings. The third-order valence-corrected chi connectivity index (χ3v) is 5.13. The van der Waals surface area contributed by atoms with Crippen molar-refractivity contribution in [2.75, 3.05) is 7.11 Å². The molecule has 0 radical (unpaired) electrons. The maximum atomic E-state index is 5.27. The van der Waals surface area contributed by atoms with E-state index in [9.17, 15) is 0 Å². The second kappa shape index (κ2) is 8.09. The molecule has 27 heavy (non-hydrogen) atoms. The Balaban J connectivity index is 1.55. The van der Waals surface area contributed by atoms with Gasteiger partial charge in [0, 0.05) is 24.5 Å². The van der Waals surface area contributed by atoms with E-state index in [4.69, 9.17) is 4.74 Å². The van der Waals surface area contributed by atoms with Crippen LogP contribution in [0.1, 0.15) is 34.8 Å². The summed E-state index contributed by atoms with van der Waals surface area (Å²) in [6.07, 6.45) is 8.25. The van der Waals surface area contributed by atoms with Gasteiger partial charge < -0.3 is 9.64 Å². The van der Waals surface area contributed by atoms with Crippen molar-refractivity contribution in [2.24, 2.45) is 0 Å². The number of aromatic nitrogens is 1. The van der Waals surface area contributed by atoms with E-state index in [1.54, 1.807) is 7.11 Å². The summed E-state index contributed by atoms with van der Waals surface area (Å²) >= 11 is 0. The Morgan fingerprint density at radius 3 is 2.52 bits per heavy atom. The number of ether oxygens (including phenoxy) is 1. The van der Waals surface area contributed by atoms with Crippen molar-refractivity contribution in [3.8, 4) is 5.75 Å². The number of benzene rings is 2. The predicted molar refractivity (Wildman–Crippen MR) is 109 cm³/mol. The molecule has 0 N–H and O–H groups in total. The summed E-state index contributed by atoms with van der Waals surface area (Å²) in [4.78, 5) is 6.99. The highest BCUT2D eigenvalue weighted by atomic mass is 16.5. The zero-order valence-electron chi connectivity index (χ0n) is 15.6. The minimum Gasteiger partial charge on any atom is -0.497 e. The Morgan fingerprint density at radius 1 is 0.926 bits per heavy atom. The van der Waals surface area contributed by atoms with Gasteiger partial charge in [-0.3, -0.25) is 4.98 Å². The minimum absolute atomic E-state index is 0.320. The predicted octanol–water partition coefficient (Wildman–Crippen LogP) is 5.25. The van der Waals surface area contributed by atoms with Crippen LogP contribution in [-0.2, 0) is 13.0 Å². The van der Waals surface area contributed by atoms with E-state index in [1.807, 2.05) is 24.4 Å². The summed E-state index contributed by atoms with van der Waals surface area (Å²) in [5.41, 5.74) is 5.05. The molecular weight excluding hydrogens is 332 g/mol. The fourth-order valence-corrected chi connectivity index (χ4v) is 3.67. The van der Waals surface area contributed by atoms with Crippen LogP contribution in [0.4, 0.5) is 0 Å². The summed E-state index contributed by atoms with van der Waals surface area (Å²) in [6.45, 7) is 0.902. The van der Waals surface area contributed by atoms with Crippen molar-refractivity contribution >= 4 is 6.08 Å². The molecule has 136 valence electrons. The molecule has 3 heteroatoms. The molecule has 1 unspecified atom stereocenters. The Labute approximate surface area is 160 Å². The molecule has 1 aromatic heterocycles. The largest absolute Gasteiger partial charge is 0.497 e. The molecule has 0 amide bonds. The van der Waals surface area contributed by atoms with Crippen LogP contribution in [0.15, 0.2) is 79.1 Å². The van der Waals surface area contributed by atoms with E-state index in [0.717, 1.165) is 30.8 Å². The van der Waals surface area contributed by atoms with Crippen molar-refractivity contribution in [1.29, 1.82) is 0 Å². The monoisotopic (exact) mass is 356 g/mol. The Hall–Kier alpha value is -3.07. The molecule has 0 fully saturated rings. The summed E-state index contributed by atoms with van der Waals surface area (Å²) in [6, 6.07) is 23.6. The Morgan fingerprint density at radius 2 is 1.74 bits per heavy atom. The van der Waals surface area contributed by atoms with E-state index in [0.29, 0.717) is 6.04 Å². The first-order valence-electron chi connectivity index (χ1n) is 9.39. The summed E-state index contributed by atoms with van der Waals surface area (Å²) in [5, 5.41) is 0. The van der Waals surface area contributed by atoms with Crippen LogP contribution in [0, 0.1) is 0 Å². The maximum Gasteiger partial charge on any atom is 0.118 e. The molecule has 0 saturated carbocycles. The van der Waals surface area contributed by atoms with Crippen LogP contribution in [-0.4, -0.2) is 17.0 Å². The van der Waals surface area contributed by atoms with Gasteiger partial charge in [0.2, 0.25) is 0 Å². The molecule has 0 aliphatic carbocycles. The van der Waals surface area contributed by atoms with Crippen LogP contribution in [0.3, 0.4) is 0 Å². The number of fused-ring (bicyclic) bond motifs is 1. The van der Waals surface area contributed by atoms with Gasteiger partial charge in [-0.05, 0) is 48.2 Å². The fourth-order valence-electron chi connectivity index (χ4n) is 3.67. The standard InChI is InChI=1S/C24H24N2O/c1-27-21-12-9-19(10-13-21)11-14-24-22-8-5-16-25-23(22)15-17-26(24)18-20-6-3-2-4-7-20/h2-10,12-13,15-17,24H,11,14,18H2,1H3. The molecule has 0 saturated heterocycles. The van der Waals surface area contributed by atoms with E-state index >= 15 is 0 Å². The zero-order valence-corrected chi connectivity index (χ0v) is 15.6. The number of hydrogen-bond donors (Lipinski definition) is 0. The highest BCUT2D eigenvalue weighted by Gasteiger charge is 2.24. The highest BCUT2D eigenvalue weighted by Crippen LogP contribution is 2.34. The lowest BCUT2D eigenvalue weighted by Crippen LogP contribution is -2.27. The van der Waals surface area contributed by atoms with Crippen molar-refractivity contribution in [3.63, 3.8) is 0 Å². The normalized spacial score (nSPS) is 15.4. The number of methoxy groups -OCH3 is 1. The number of rotatable bonds is 6. The van der Waals surface area contributed by atoms with E-state index < -0.39 is 0 Å². The zero-order chi connectivity index (χ0) is 18.5. The topological polar surface area (TPSA) is 25.4 Å². The van der Waals surface area contributed by atoms with E-state index in [2.05, 4.69) is 70.7 Å². The van der Waals surface area contributed by atoms with Gasteiger partial charge in [0.1, 0.15) is 5.75 Å². The SMILES string of the molecule is COc1ccc(CCC2c3cccnc3C=CN2Cc2ccccc2)cc1. The molecule has 3 aromatic rings. The fraction of sp³-hybridized carbons (Fsp3) is 0.208. The van der Waals surface area contributed by atoms with Crippen LogP contribution >= 0.6 is 0 Å². The minimum atomic E-state index is 0.320. The average Bonchev–Trinajstić information content (AvgIpc) is 2.74. The first kappa shape index (κ1) is 17.3. The molecular formula is C24H24N2O. The molecule has 0 bridgehead atoms. The quantitative estimate of drug-likeness (QED) is 0.603. The van der Waals surface area contributed by atoms with Crippen molar-refractivity contribution < 1.29 is 4.74 Å². The molecule has 4 rings (SSSR count). The van der Waals surface area contributed by atoms with Crippen LogP contribution in [0.2, 0.25) is 0 Å². The Kier molecular flexibility index (Phi) is 5.20. The molecule has 1 atom stereocenters. The molecule has 2 heterocycles. The van der Waals surface area contributed by atoms with Crippen LogP contribution < -0.4 is 4.74 Å². The van der Waals surface area contributed by atoms with Crippen molar-refractivity contribution in [2.45, 2.75) is 25.4 Å². The van der Waals surface area contributed by atoms with Crippen LogP contribution in [0.5, 0.6) is 5.75 Å². The first-order valence-corrected chi connectivity index (χ1v) is 9.39. The number of aryl methyl sites for hydroxylation is 1. The summed E-state index contributed by atoms with van der Waals surface area (Å²) < 4.78 is 5.27. The number of nitrogens with zero attached hydrogens (tertiary/aromatic N) is 2. The second-order valence-corrected chi connectivity index (χ2v) is 6.85. The summed E-state index contributed by atoms with van der Waals surface area (Å²) in [5.74, 6) is 0.902. The number of pyridine rings is 1. The van der Waals surface area contributed by atoms with Gasteiger partial charge in [-0.15, -0.1) is 0 Å². The molecule has 1 aliphatic heterocycles. The van der Waals surface area contributed by atoms with Gasteiger partial charge in [0.25, 0.3) is 0 Å². The smallest absolute Gasteiger partial charge is 0.118 e. The second-order valence-electron chi connectivity index (χ2n) is 6.85. The molecule has 2 aromatic carbocycles. The van der Waals surface area contributed by atoms with Crippen LogP contribution in [0.25, 0.3) is 6.08 Å². The number of hydrogen-bond acceptors (Lipinski definition) is 3. The lowest BCUT2D eigenvalue weighted by atomic mass is 9.94. The van der Waals surface area contributed by atoms with Gasteiger partial charge in [-0.2, -0.15) is 0 Å². The van der Waals surface area contributed by atoms with Gasteiger partial charge in [0.15, 0.2) is 0 Å². The van der Waals surface area contributed by atoms with Gasteiger partial charge >= 0.3 is 0 Å². The van der Waals surface area contributed by atoms with Crippen molar-refractivity contribution in [3.05, 3.63) is 102 Å². The lowest BCUT2D eigenvalue weighted by molar-refractivity contribution is 0.255. The third kappa shape index (κ3) is 4.03. The maximum absolute atomic E-state index is 5.27. The molecule has 0 spiro atoms. The molecule has 3 nitrogen and oxygen atoms in total. The summed E-state index contributed by atoms with van der Waals surface area (Å²) in [7, 11) is 1.70. The van der Waals surface area contributed by atoms with Gasteiger partial charge in [-0.25, -0.2) is 0 Å². The first-order chi connectivity index (χ1) is 13.3. The van der Waals surface area contributed by atoms with Gasteiger partial charge in [-0.1, -0.05) is 48.5 Å². The third-order valence-electron chi connectivity index (χ3n) is 5.13. The van der Waals surface area contributed by atoms with E-state index in [1.165, 1.54) is 16.7 Å². The lowest BCUT2D eigenvalue weighted by Gasteiger charge is -2.35. The Bertz CT molecular complexity index is 903. The average molecular weight is 356 g/mol.